The zero-order chi connectivity index (χ0) is 30.7. The van der Waals surface area contributed by atoms with Crippen LogP contribution in [0.3, 0.4) is 0 Å². The van der Waals surface area contributed by atoms with Crippen molar-refractivity contribution in [2.24, 2.45) is 13.0 Å². The van der Waals surface area contributed by atoms with Crippen LogP contribution in [0.25, 0.3) is 10.9 Å². The summed E-state index contributed by atoms with van der Waals surface area (Å²) in [6, 6.07) is 10.0. The Balaban J connectivity index is 1.22. The summed E-state index contributed by atoms with van der Waals surface area (Å²) in [4.78, 5) is 40.2. The Kier molecular flexibility index (Phi) is 9.99. The van der Waals surface area contributed by atoms with Crippen LogP contribution in [0, 0.1) is 11.7 Å². The van der Waals surface area contributed by atoms with Crippen molar-refractivity contribution in [1.29, 1.82) is 0 Å². The van der Waals surface area contributed by atoms with Gasteiger partial charge in [-0.3, -0.25) is 14.4 Å². The van der Waals surface area contributed by atoms with E-state index in [2.05, 4.69) is 5.32 Å². The molecule has 1 saturated heterocycles. The largest absolute Gasteiger partial charge is 0.469 e. The second-order valence-corrected chi connectivity index (χ2v) is 12.9. The van der Waals surface area contributed by atoms with E-state index in [1.807, 2.05) is 42.1 Å². The number of likely N-dealkylation sites (tertiary alicyclic amines) is 1. The average Bonchev–Trinajstić information content (AvgIpc) is 3.59. The average molecular weight is 630 g/mol. The highest BCUT2D eigenvalue weighted by molar-refractivity contribution is 7.99. The quantitative estimate of drug-likeness (QED) is 0.299. The Hall–Kier alpha value is -3.08. The molecule has 1 aromatic heterocycles. The molecule has 2 heterocycles. The normalized spacial score (nSPS) is 22.1. The van der Waals surface area contributed by atoms with Crippen molar-refractivity contribution in [3.8, 4) is 0 Å². The summed E-state index contributed by atoms with van der Waals surface area (Å²) >= 11 is 8.19. The van der Waals surface area contributed by atoms with E-state index in [9.17, 15) is 14.4 Å². The van der Waals surface area contributed by atoms with Crippen molar-refractivity contribution in [1.82, 2.24) is 9.47 Å². The van der Waals surface area contributed by atoms with Crippen LogP contribution in [0.2, 0.25) is 5.02 Å². The molecular weight excluding hydrogens is 593 g/mol. The van der Waals surface area contributed by atoms with Gasteiger partial charge in [0, 0.05) is 35.9 Å². The number of rotatable bonds is 9. The molecule has 1 N–H and O–H groups in total. The van der Waals surface area contributed by atoms with Crippen LogP contribution in [0.1, 0.15) is 48.0 Å². The fourth-order valence-electron chi connectivity index (χ4n) is 6.18. The van der Waals surface area contributed by atoms with Crippen molar-refractivity contribution in [2.75, 3.05) is 31.8 Å². The van der Waals surface area contributed by atoms with E-state index in [0.29, 0.717) is 18.7 Å². The number of nitrogens with zero attached hydrogens (tertiary/aromatic N) is 2. The molecule has 230 valence electrons. The van der Waals surface area contributed by atoms with Gasteiger partial charge in [-0.15, -0.1) is 0 Å². The van der Waals surface area contributed by atoms with Gasteiger partial charge in [0.05, 0.1) is 54.5 Å². The third-order valence-electron chi connectivity index (χ3n) is 8.63. The standard InChI is InChI=1S/C32H37ClFN3O5S/c1-36-17-25(24-6-4-5-7-29(24)36)31(39)35-28-15-27(34)20(12-26(28)33)13-30(38)37-16-23(43-3)14-21(37)18-42-22-10-8-19(9-11-22)32(40)41-2/h4-7,12,15,17,19,21-23H,8-11,13-14,16,18H2,1-3H3,(H,35,39)/t19?,21?,22?,23-/m0/s1. The summed E-state index contributed by atoms with van der Waals surface area (Å²) in [5, 5.41) is 3.93. The molecule has 1 unspecified atom stereocenters. The number of thioether (sulfide) groups is 1. The summed E-state index contributed by atoms with van der Waals surface area (Å²) in [5.74, 6) is -1.44. The summed E-state index contributed by atoms with van der Waals surface area (Å²) in [7, 11) is 3.27. The molecule has 5 rings (SSSR count). The van der Waals surface area contributed by atoms with E-state index in [4.69, 9.17) is 21.1 Å². The molecule has 2 amide bonds. The van der Waals surface area contributed by atoms with Gasteiger partial charge in [-0.05, 0) is 62.1 Å². The number of halogens is 2. The van der Waals surface area contributed by atoms with Crippen LogP contribution in [0.4, 0.5) is 10.1 Å². The van der Waals surface area contributed by atoms with Crippen LogP contribution in [0.15, 0.2) is 42.6 Å². The molecule has 2 aliphatic rings. The first-order valence-corrected chi connectivity index (χ1v) is 16.2. The summed E-state index contributed by atoms with van der Waals surface area (Å²) < 4.78 is 28.2. The number of methoxy groups -OCH3 is 1. The number of ether oxygens (including phenoxy) is 2. The van der Waals surface area contributed by atoms with E-state index >= 15 is 4.39 Å². The molecule has 0 bridgehead atoms. The molecule has 8 nitrogen and oxygen atoms in total. The maximum atomic E-state index is 15.3. The lowest BCUT2D eigenvalue weighted by atomic mass is 9.87. The number of anilines is 1. The number of carbonyl (C=O) groups excluding carboxylic acids is 3. The molecule has 0 radical (unpaired) electrons. The third kappa shape index (κ3) is 7.02. The van der Waals surface area contributed by atoms with Gasteiger partial charge in [0.15, 0.2) is 0 Å². The molecule has 11 heteroatoms. The molecule has 1 aliphatic carbocycles. The fourth-order valence-corrected chi connectivity index (χ4v) is 7.14. The minimum absolute atomic E-state index is 0.0408. The molecule has 2 aromatic carbocycles. The number of aryl methyl sites for hydroxylation is 1. The third-order valence-corrected chi connectivity index (χ3v) is 9.95. The van der Waals surface area contributed by atoms with Crippen LogP contribution >= 0.6 is 23.4 Å². The molecule has 2 fully saturated rings. The van der Waals surface area contributed by atoms with Crippen LogP contribution in [0.5, 0.6) is 0 Å². The zero-order valence-corrected chi connectivity index (χ0v) is 26.2. The fraction of sp³-hybridized carbons (Fsp3) is 0.469. The number of amides is 2. The monoisotopic (exact) mass is 629 g/mol. The number of esters is 1. The smallest absolute Gasteiger partial charge is 0.308 e. The highest BCUT2D eigenvalue weighted by Crippen LogP contribution is 2.32. The Morgan fingerprint density at radius 2 is 1.88 bits per heavy atom. The van der Waals surface area contributed by atoms with Crippen molar-refractivity contribution >= 4 is 57.7 Å². The lowest BCUT2D eigenvalue weighted by Crippen LogP contribution is -2.40. The maximum absolute atomic E-state index is 15.3. The van der Waals surface area contributed by atoms with Crippen molar-refractivity contribution < 1.29 is 28.2 Å². The Bertz CT molecular complexity index is 1510. The van der Waals surface area contributed by atoms with E-state index in [-0.39, 0.29) is 57.9 Å². The van der Waals surface area contributed by atoms with Gasteiger partial charge in [-0.25, -0.2) is 4.39 Å². The van der Waals surface area contributed by atoms with Crippen LogP contribution in [-0.2, 0) is 32.5 Å². The molecule has 0 spiro atoms. The van der Waals surface area contributed by atoms with Crippen molar-refractivity contribution in [3.63, 3.8) is 0 Å². The molecule has 1 aliphatic heterocycles. The van der Waals surface area contributed by atoms with Crippen molar-refractivity contribution in [3.05, 3.63) is 64.6 Å². The predicted molar refractivity (Wildman–Crippen MR) is 167 cm³/mol. The lowest BCUT2D eigenvalue weighted by Gasteiger charge is -2.30. The van der Waals surface area contributed by atoms with E-state index in [1.54, 1.807) is 22.9 Å². The first-order valence-electron chi connectivity index (χ1n) is 14.5. The highest BCUT2D eigenvalue weighted by Gasteiger charge is 2.36. The first kappa shape index (κ1) is 31.3. The van der Waals surface area contributed by atoms with Gasteiger partial charge < -0.3 is 24.3 Å². The zero-order valence-electron chi connectivity index (χ0n) is 24.6. The molecule has 2 atom stereocenters. The number of benzene rings is 2. The first-order chi connectivity index (χ1) is 20.7. The number of para-hydroxylation sites is 1. The van der Waals surface area contributed by atoms with Gasteiger partial charge >= 0.3 is 5.97 Å². The maximum Gasteiger partial charge on any atom is 0.308 e. The Labute approximate surface area is 260 Å². The second kappa shape index (κ2) is 13.7. The van der Waals surface area contributed by atoms with Gasteiger partial charge in [-0.2, -0.15) is 11.8 Å². The topological polar surface area (TPSA) is 89.9 Å². The minimum Gasteiger partial charge on any atom is -0.469 e. The number of aromatic nitrogens is 1. The molecule has 3 aromatic rings. The summed E-state index contributed by atoms with van der Waals surface area (Å²) in [5.41, 5.74) is 1.67. The van der Waals surface area contributed by atoms with Gasteiger partial charge in [-0.1, -0.05) is 29.8 Å². The minimum atomic E-state index is -0.609. The van der Waals surface area contributed by atoms with Crippen LogP contribution in [-0.4, -0.2) is 71.2 Å². The van der Waals surface area contributed by atoms with E-state index in [1.165, 1.54) is 19.2 Å². The van der Waals surface area contributed by atoms with E-state index in [0.717, 1.165) is 43.0 Å². The van der Waals surface area contributed by atoms with Gasteiger partial charge in [0.25, 0.3) is 5.91 Å². The summed E-state index contributed by atoms with van der Waals surface area (Å²) in [6.45, 7) is 0.969. The number of hydrogen-bond donors (Lipinski definition) is 1. The number of carbonyl (C=O) groups is 3. The highest BCUT2D eigenvalue weighted by atomic mass is 35.5. The van der Waals surface area contributed by atoms with Crippen molar-refractivity contribution in [2.45, 2.75) is 55.9 Å². The van der Waals surface area contributed by atoms with Gasteiger partial charge in [0.1, 0.15) is 5.82 Å². The number of fused-ring (bicyclic) bond motifs is 1. The molecule has 43 heavy (non-hydrogen) atoms. The second-order valence-electron chi connectivity index (χ2n) is 11.3. The predicted octanol–water partition coefficient (Wildman–Crippen LogP) is 5.85. The molecule has 1 saturated carbocycles. The Morgan fingerprint density at radius 1 is 1.14 bits per heavy atom. The summed E-state index contributed by atoms with van der Waals surface area (Å²) in [6.07, 6.45) is 7.46. The molecular formula is C32H37ClFN3O5S. The number of nitrogens with one attached hydrogen (secondary N) is 1. The SMILES string of the molecule is COC(=O)C1CCC(OCC2C[C@H](SC)CN2C(=O)Cc2cc(Cl)c(NC(=O)c3cn(C)c4ccccc34)cc2F)CC1. The van der Waals surface area contributed by atoms with E-state index < -0.39 is 11.7 Å². The Morgan fingerprint density at radius 3 is 2.60 bits per heavy atom. The number of hydrogen-bond acceptors (Lipinski definition) is 6. The lowest BCUT2D eigenvalue weighted by molar-refractivity contribution is -0.148. The van der Waals surface area contributed by atoms with Crippen LogP contribution < -0.4 is 5.32 Å². The van der Waals surface area contributed by atoms with Gasteiger partial charge in [0.2, 0.25) is 5.91 Å².